The van der Waals surface area contributed by atoms with Crippen molar-refractivity contribution in [1.82, 2.24) is 9.78 Å². The number of hydrogen-bond donors (Lipinski definition) is 1. The molecule has 0 aliphatic rings. The predicted octanol–water partition coefficient (Wildman–Crippen LogP) is 2.17. The highest BCUT2D eigenvalue weighted by atomic mass is 35.5. The lowest BCUT2D eigenvalue weighted by atomic mass is 10.1. The molecule has 0 saturated carbocycles. The molecule has 0 aliphatic heterocycles. The van der Waals surface area contributed by atoms with E-state index in [0.29, 0.717) is 11.7 Å². The van der Waals surface area contributed by atoms with E-state index in [1.165, 1.54) is 0 Å². The number of rotatable bonds is 2. The Morgan fingerprint density at radius 3 is 2.93 bits per heavy atom. The molecular weight excluding hydrogens is 198 g/mol. The van der Waals surface area contributed by atoms with Crippen LogP contribution in [-0.4, -0.2) is 9.78 Å². The molecule has 74 valence electrons. The van der Waals surface area contributed by atoms with Gasteiger partial charge in [-0.3, -0.25) is 4.68 Å². The molecule has 0 fully saturated rings. The molecule has 0 bridgehead atoms. The minimum absolute atomic E-state index is 0.513. The summed E-state index contributed by atoms with van der Waals surface area (Å²) >= 11 is 6.01. The van der Waals surface area contributed by atoms with E-state index < -0.39 is 0 Å². The Morgan fingerprint density at radius 1 is 1.50 bits per heavy atom. The van der Waals surface area contributed by atoms with E-state index in [4.69, 9.17) is 17.3 Å². The van der Waals surface area contributed by atoms with Crippen LogP contribution in [0.4, 0.5) is 0 Å². The van der Waals surface area contributed by atoms with E-state index in [0.717, 1.165) is 23.0 Å². The van der Waals surface area contributed by atoms with Crippen molar-refractivity contribution in [3.05, 3.63) is 28.9 Å². The van der Waals surface area contributed by atoms with Crippen molar-refractivity contribution >= 4 is 22.5 Å². The van der Waals surface area contributed by atoms with E-state index in [-0.39, 0.29) is 0 Å². The van der Waals surface area contributed by atoms with Crippen molar-refractivity contribution in [3.8, 4) is 0 Å². The number of nitrogens with two attached hydrogens (primary N) is 1. The quantitative estimate of drug-likeness (QED) is 0.824. The first-order valence-electron chi connectivity index (χ1n) is 4.62. The Bertz CT molecular complexity index is 462. The van der Waals surface area contributed by atoms with Gasteiger partial charge in [0.05, 0.1) is 5.52 Å². The largest absolute Gasteiger partial charge is 0.326 e. The first-order chi connectivity index (χ1) is 6.77. The summed E-state index contributed by atoms with van der Waals surface area (Å²) in [6, 6.07) is 5.93. The van der Waals surface area contributed by atoms with E-state index in [1.54, 1.807) is 0 Å². The molecule has 0 amide bonds. The molecular formula is C10H12ClN3. The molecule has 1 heterocycles. The molecule has 4 heteroatoms. The summed E-state index contributed by atoms with van der Waals surface area (Å²) in [4.78, 5) is 0. The molecule has 0 aliphatic carbocycles. The number of benzene rings is 1. The van der Waals surface area contributed by atoms with Crippen LogP contribution in [-0.2, 0) is 13.1 Å². The summed E-state index contributed by atoms with van der Waals surface area (Å²) in [5.74, 6) is 0. The fraction of sp³-hybridized carbons (Fsp3) is 0.300. The number of nitrogens with zero attached hydrogens (tertiary/aromatic N) is 2. The van der Waals surface area contributed by atoms with Crippen LogP contribution in [0, 0.1) is 0 Å². The van der Waals surface area contributed by atoms with Gasteiger partial charge in [0.15, 0.2) is 5.15 Å². The van der Waals surface area contributed by atoms with Gasteiger partial charge in [0.2, 0.25) is 0 Å². The highest BCUT2D eigenvalue weighted by Gasteiger charge is 2.10. The molecule has 0 unspecified atom stereocenters. The van der Waals surface area contributed by atoms with Gasteiger partial charge in [-0.2, -0.15) is 5.10 Å². The van der Waals surface area contributed by atoms with Crippen LogP contribution in [0.25, 0.3) is 10.9 Å². The zero-order chi connectivity index (χ0) is 10.1. The molecule has 2 rings (SSSR count). The Balaban J connectivity index is 2.82. The molecule has 0 radical (unpaired) electrons. The average Bonchev–Trinajstić information content (AvgIpc) is 2.56. The van der Waals surface area contributed by atoms with Gasteiger partial charge in [-0.15, -0.1) is 0 Å². The van der Waals surface area contributed by atoms with Crippen molar-refractivity contribution in [1.29, 1.82) is 0 Å². The van der Waals surface area contributed by atoms with Gasteiger partial charge in [-0.1, -0.05) is 23.7 Å². The third kappa shape index (κ3) is 1.29. The van der Waals surface area contributed by atoms with Gasteiger partial charge in [-0.25, -0.2) is 0 Å². The Hall–Kier alpha value is -1.06. The van der Waals surface area contributed by atoms with Crippen LogP contribution in [0.5, 0.6) is 0 Å². The molecule has 1 aromatic carbocycles. The minimum Gasteiger partial charge on any atom is -0.326 e. The van der Waals surface area contributed by atoms with E-state index >= 15 is 0 Å². The maximum absolute atomic E-state index is 6.01. The number of halogens is 1. The van der Waals surface area contributed by atoms with Crippen LogP contribution >= 0.6 is 11.6 Å². The van der Waals surface area contributed by atoms with Crippen LogP contribution in [0.1, 0.15) is 12.5 Å². The molecule has 2 N–H and O–H groups in total. The fourth-order valence-corrected chi connectivity index (χ4v) is 1.91. The first kappa shape index (κ1) is 9.49. The number of hydrogen-bond acceptors (Lipinski definition) is 2. The van der Waals surface area contributed by atoms with Gasteiger partial charge in [-0.05, 0) is 18.6 Å². The summed E-state index contributed by atoms with van der Waals surface area (Å²) in [5.41, 5.74) is 7.81. The highest BCUT2D eigenvalue weighted by Crippen LogP contribution is 2.25. The average molecular weight is 210 g/mol. The lowest BCUT2D eigenvalue weighted by Crippen LogP contribution is -2.02. The molecule has 0 atom stereocenters. The standard InChI is InChI=1S/C10H12ClN3/c1-2-14-9-7(6-12)4-3-5-8(9)10(11)13-14/h3-5H,2,6,12H2,1H3. The maximum Gasteiger partial charge on any atom is 0.158 e. The summed E-state index contributed by atoms with van der Waals surface area (Å²) in [7, 11) is 0. The van der Waals surface area contributed by atoms with Gasteiger partial charge >= 0.3 is 0 Å². The summed E-state index contributed by atoms with van der Waals surface area (Å²) in [5, 5.41) is 5.78. The second-order valence-electron chi connectivity index (χ2n) is 3.12. The fourth-order valence-electron chi connectivity index (χ4n) is 1.67. The number of aryl methyl sites for hydroxylation is 1. The smallest absolute Gasteiger partial charge is 0.158 e. The maximum atomic E-state index is 6.01. The van der Waals surface area contributed by atoms with Gasteiger partial charge in [0, 0.05) is 18.5 Å². The van der Waals surface area contributed by atoms with E-state index in [2.05, 4.69) is 5.10 Å². The number of para-hydroxylation sites is 1. The Labute approximate surface area is 87.5 Å². The molecule has 0 saturated heterocycles. The molecule has 0 spiro atoms. The van der Waals surface area contributed by atoms with Crippen LogP contribution in [0.2, 0.25) is 5.15 Å². The topological polar surface area (TPSA) is 43.8 Å². The zero-order valence-electron chi connectivity index (χ0n) is 8.00. The molecule has 14 heavy (non-hydrogen) atoms. The monoisotopic (exact) mass is 209 g/mol. The Morgan fingerprint density at radius 2 is 2.29 bits per heavy atom. The van der Waals surface area contributed by atoms with Crippen LogP contribution in [0.15, 0.2) is 18.2 Å². The predicted molar refractivity (Wildman–Crippen MR) is 58.3 cm³/mol. The van der Waals surface area contributed by atoms with Crippen molar-refractivity contribution in [3.63, 3.8) is 0 Å². The second kappa shape index (κ2) is 3.59. The molecule has 3 nitrogen and oxygen atoms in total. The molecule has 2 aromatic rings. The lowest BCUT2D eigenvalue weighted by molar-refractivity contribution is 0.681. The van der Waals surface area contributed by atoms with E-state index in [1.807, 2.05) is 29.8 Å². The van der Waals surface area contributed by atoms with Crippen molar-refractivity contribution in [2.75, 3.05) is 0 Å². The number of fused-ring (bicyclic) bond motifs is 1. The third-order valence-corrected chi connectivity index (χ3v) is 2.61. The second-order valence-corrected chi connectivity index (χ2v) is 3.48. The summed E-state index contributed by atoms with van der Waals surface area (Å²) in [6.07, 6.45) is 0. The van der Waals surface area contributed by atoms with Crippen molar-refractivity contribution < 1.29 is 0 Å². The van der Waals surface area contributed by atoms with Crippen molar-refractivity contribution in [2.45, 2.75) is 20.0 Å². The highest BCUT2D eigenvalue weighted by molar-refractivity contribution is 6.34. The number of aromatic nitrogens is 2. The van der Waals surface area contributed by atoms with Gasteiger partial charge < -0.3 is 5.73 Å². The van der Waals surface area contributed by atoms with E-state index in [9.17, 15) is 0 Å². The Kier molecular flexibility index (Phi) is 2.44. The molecule has 1 aromatic heterocycles. The first-order valence-corrected chi connectivity index (χ1v) is 4.99. The van der Waals surface area contributed by atoms with Crippen LogP contribution < -0.4 is 5.73 Å². The lowest BCUT2D eigenvalue weighted by Gasteiger charge is -2.03. The zero-order valence-corrected chi connectivity index (χ0v) is 8.75. The van der Waals surface area contributed by atoms with Crippen molar-refractivity contribution in [2.24, 2.45) is 5.73 Å². The SMILES string of the molecule is CCn1nc(Cl)c2cccc(CN)c21. The minimum atomic E-state index is 0.513. The normalized spacial score (nSPS) is 11.1. The van der Waals surface area contributed by atoms with Crippen LogP contribution in [0.3, 0.4) is 0 Å². The van der Waals surface area contributed by atoms with Gasteiger partial charge in [0.1, 0.15) is 0 Å². The summed E-state index contributed by atoms with van der Waals surface area (Å²) < 4.78 is 1.89. The third-order valence-electron chi connectivity index (χ3n) is 2.33. The summed E-state index contributed by atoms with van der Waals surface area (Å²) in [6.45, 7) is 3.36. The van der Waals surface area contributed by atoms with Gasteiger partial charge in [0.25, 0.3) is 0 Å².